The summed E-state index contributed by atoms with van der Waals surface area (Å²) in [6.07, 6.45) is 7.86. The Labute approximate surface area is 155 Å². The Morgan fingerprint density at radius 3 is 2.54 bits per heavy atom. The third-order valence-corrected chi connectivity index (χ3v) is 4.48. The molecule has 1 aromatic carbocycles. The SMILES string of the molecule is C=C(/C=C\C(C)=C(/C)c1ccc(NC(=O)C(C)CC)cc1)c1ncco1. The summed E-state index contributed by atoms with van der Waals surface area (Å²) in [4.78, 5) is 16.0. The first-order valence-electron chi connectivity index (χ1n) is 8.78. The van der Waals surface area contributed by atoms with Gasteiger partial charge >= 0.3 is 0 Å². The van der Waals surface area contributed by atoms with Crippen molar-refractivity contribution in [1.29, 1.82) is 0 Å². The Balaban J connectivity index is 2.08. The topological polar surface area (TPSA) is 55.1 Å². The molecule has 2 rings (SSSR count). The molecule has 2 aromatic rings. The third kappa shape index (κ3) is 5.06. The van der Waals surface area contributed by atoms with Crippen molar-refractivity contribution in [2.75, 3.05) is 5.32 Å². The van der Waals surface area contributed by atoms with Crippen molar-refractivity contribution in [2.24, 2.45) is 5.92 Å². The molecule has 1 heterocycles. The van der Waals surface area contributed by atoms with E-state index in [4.69, 9.17) is 4.42 Å². The van der Waals surface area contributed by atoms with E-state index in [9.17, 15) is 4.79 Å². The molecule has 1 amide bonds. The van der Waals surface area contributed by atoms with E-state index in [0.29, 0.717) is 5.89 Å². The normalized spacial score (nSPS) is 13.4. The van der Waals surface area contributed by atoms with Gasteiger partial charge in [0.05, 0.1) is 6.20 Å². The van der Waals surface area contributed by atoms with Gasteiger partial charge in [0.1, 0.15) is 6.26 Å². The monoisotopic (exact) mass is 350 g/mol. The molecule has 4 heteroatoms. The van der Waals surface area contributed by atoms with E-state index in [-0.39, 0.29) is 11.8 Å². The van der Waals surface area contributed by atoms with Gasteiger partial charge in [0.25, 0.3) is 0 Å². The van der Waals surface area contributed by atoms with E-state index in [1.165, 1.54) is 6.26 Å². The lowest BCUT2D eigenvalue weighted by Crippen LogP contribution is -2.19. The molecule has 1 unspecified atom stereocenters. The number of benzene rings is 1. The molecule has 0 spiro atoms. The number of aromatic nitrogens is 1. The first-order valence-corrected chi connectivity index (χ1v) is 8.78. The maximum absolute atomic E-state index is 12.0. The average Bonchev–Trinajstić information content (AvgIpc) is 3.20. The number of allylic oxidation sites excluding steroid dienone is 5. The van der Waals surface area contributed by atoms with Crippen LogP contribution >= 0.6 is 0 Å². The van der Waals surface area contributed by atoms with E-state index >= 15 is 0 Å². The molecular weight excluding hydrogens is 324 g/mol. The number of hydrogen-bond acceptors (Lipinski definition) is 3. The Morgan fingerprint density at radius 2 is 1.96 bits per heavy atom. The molecule has 136 valence electrons. The summed E-state index contributed by atoms with van der Waals surface area (Å²) in [6.45, 7) is 12.0. The number of rotatable bonds is 7. The molecule has 4 nitrogen and oxygen atoms in total. The van der Waals surface area contributed by atoms with E-state index in [1.54, 1.807) is 6.20 Å². The largest absolute Gasteiger partial charge is 0.445 e. The molecule has 0 aliphatic carbocycles. The molecule has 0 aliphatic rings. The number of oxazole rings is 1. The standard InChI is InChI=1S/C22H26N2O2/c1-6-15(2)21(25)24-20-11-9-19(10-12-20)18(5)16(3)7-8-17(4)22-23-13-14-26-22/h7-15H,4,6H2,1-3,5H3,(H,24,25)/b8-7-,18-16+. The van der Waals surface area contributed by atoms with Crippen molar-refractivity contribution in [1.82, 2.24) is 4.98 Å². The molecule has 0 aliphatic heterocycles. The summed E-state index contributed by atoms with van der Waals surface area (Å²) < 4.78 is 5.23. The highest BCUT2D eigenvalue weighted by Gasteiger charge is 2.10. The minimum Gasteiger partial charge on any atom is -0.445 e. The van der Waals surface area contributed by atoms with Gasteiger partial charge in [0, 0.05) is 17.2 Å². The van der Waals surface area contributed by atoms with Gasteiger partial charge in [-0.2, -0.15) is 0 Å². The number of hydrogen-bond donors (Lipinski definition) is 1. The lowest BCUT2D eigenvalue weighted by molar-refractivity contribution is -0.119. The Kier molecular flexibility index (Phi) is 6.73. The van der Waals surface area contributed by atoms with E-state index in [2.05, 4.69) is 23.8 Å². The van der Waals surface area contributed by atoms with Gasteiger partial charge in [-0.25, -0.2) is 4.98 Å². The molecule has 0 saturated heterocycles. The first-order chi connectivity index (χ1) is 12.4. The minimum atomic E-state index is 0.0143. The highest BCUT2D eigenvalue weighted by molar-refractivity contribution is 5.92. The predicted octanol–water partition coefficient (Wildman–Crippen LogP) is 5.72. The van der Waals surface area contributed by atoms with Crippen molar-refractivity contribution < 1.29 is 9.21 Å². The van der Waals surface area contributed by atoms with Crippen LogP contribution in [-0.4, -0.2) is 10.9 Å². The molecule has 0 fully saturated rings. The third-order valence-electron chi connectivity index (χ3n) is 4.48. The van der Waals surface area contributed by atoms with E-state index < -0.39 is 0 Å². The smallest absolute Gasteiger partial charge is 0.227 e. The zero-order valence-corrected chi connectivity index (χ0v) is 15.9. The molecule has 1 aromatic heterocycles. The van der Waals surface area contributed by atoms with Crippen LogP contribution in [0.4, 0.5) is 5.69 Å². The second-order valence-corrected chi connectivity index (χ2v) is 6.38. The van der Waals surface area contributed by atoms with Crippen LogP contribution in [0.15, 0.2) is 65.4 Å². The van der Waals surface area contributed by atoms with Crippen LogP contribution < -0.4 is 5.32 Å². The van der Waals surface area contributed by atoms with Crippen LogP contribution in [0.2, 0.25) is 0 Å². The maximum Gasteiger partial charge on any atom is 0.227 e. The van der Waals surface area contributed by atoms with Crippen LogP contribution in [0.1, 0.15) is 45.6 Å². The Bertz CT molecular complexity index is 812. The van der Waals surface area contributed by atoms with Gasteiger partial charge in [0.2, 0.25) is 11.8 Å². The quantitative estimate of drug-likeness (QED) is 0.650. The van der Waals surface area contributed by atoms with Crippen LogP contribution in [-0.2, 0) is 4.79 Å². The summed E-state index contributed by atoms with van der Waals surface area (Å²) in [6, 6.07) is 7.90. The molecule has 1 atom stereocenters. The summed E-state index contributed by atoms with van der Waals surface area (Å²) in [5, 5.41) is 2.95. The lowest BCUT2D eigenvalue weighted by Gasteiger charge is -2.11. The molecule has 1 N–H and O–H groups in total. The van der Waals surface area contributed by atoms with Crippen molar-refractivity contribution >= 4 is 22.7 Å². The number of nitrogens with one attached hydrogen (secondary N) is 1. The van der Waals surface area contributed by atoms with Gasteiger partial charge in [-0.05, 0) is 55.2 Å². The van der Waals surface area contributed by atoms with E-state index in [1.807, 2.05) is 57.2 Å². The highest BCUT2D eigenvalue weighted by atomic mass is 16.3. The summed E-state index contributed by atoms with van der Waals surface area (Å²) >= 11 is 0. The van der Waals surface area contributed by atoms with Crippen molar-refractivity contribution in [3.05, 3.63) is 72.5 Å². The van der Waals surface area contributed by atoms with Crippen LogP contribution in [0.3, 0.4) is 0 Å². The average molecular weight is 350 g/mol. The fraction of sp³-hybridized carbons (Fsp3) is 0.273. The molecule has 0 radical (unpaired) electrons. The number of nitrogens with zero attached hydrogens (tertiary/aromatic N) is 1. The second-order valence-electron chi connectivity index (χ2n) is 6.38. The fourth-order valence-electron chi connectivity index (χ4n) is 2.29. The van der Waals surface area contributed by atoms with E-state index in [0.717, 1.165) is 34.4 Å². The van der Waals surface area contributed by atoms with Crippen LogP contribution in [0.5, 0.6) is 0 Å². The Morgan fingerprint density at radius 1 is 1.27 bits per heavy atom. The first kappa shape index (κ1) is 19.4. The minimum absolute atomic E-state index is 0.0143. The second kappa shape index (κ2) is 8.99. The van der Waals surface area contributed by atoms with Crippen molar-refractivity contribution in [3.63, 3.8) is 0 Å². The number of carbonyl (C=O) groups excluding carboxylic acids is 1. The predicted molar refractivity (Wildman–Crippen MR) is 107 cm³/mol. The Hall–Kier alpha value is -2.88. The molecule has 26 heavy (non-hydrogen) atoms. The van der Waals surface area contributed by atoms with Gasteiger partial charge in [-0.15, -0.1) is 0 Å². The van der Waals surface area contributed by atoms with Crippen LogP contribution in [0, 0.1) is 5.92 Å². The van der Waals surface area contributed by atoms with Crippen LogP contribution in [0.25, 0.3) is 11.1 Å². The van der Waals surface area contributed by atoms with Gasteiger partial charge in [0.15, 0.2) is 0 Å². The number of anilines is 1. The zero-order chi connectivity index (χ0) is 19.1. The lowest BCUT2D eigenvalue weighted by atomic mass is 10.0. The zero-order valence-electron chi connectivity index (χ0n) is 15.9. The number of carbonyl (C=O) groups is 1. The number of amides is 1. The summed E-state index contributed by atoms with van der Waals surface area (Å²) in [5.74, 6) is 0.588. The summed E-state index contributed by atoms with van der Waals surface area (Å²) in [7, 11) is 0. The molecule has 0 bridgehead atoms. The summed E-state index contributed by atoms with van der Waals surface area (Å²) in [5.41, 5.74) is 4.92. The fourth-order valence-corrected chi connectivity index (χ4v) is 2.29. The van der Waals surface area contributed by atoms with Gasteiger partial charge in [-0.3, -0.25) is 4.79 Å². The van der Waals surface area contributed by atoms with Gasteiger partial charge < -0.3 is 9.73 Å². The van der Waals surface area contributed by atoms with Crippen molar-refractivity contribution in [2.45, 2.75) is 34.1 Å². The highest BCUT2D eigenvalue weighted by Crippen LogP contribution is 2.22. The van der Waals surface area contributed by atoms with Gasteiger partial charge in [-0.1, -0.05) is 38.6 Å². The molecule has 0 saturated carbocycles. The molecular formula is C22H26N2O2. The van der Waals surface area contributed by atoms with Crippen molar-refractivity contribution in [3.8, 4) is 0 Å². The maximum atomic E-state index is 12.0.